The van der Waals surface area contributed by atoms with Crippen molar-refractivity contribution in [2.45, 2.75) is 38.8 Å². The van der Waals surface area contributed by atoms with Gasteiger partial charge in [0.2, 0.25) is 18.2 Å². The Bertz CT molecular complexity index is 497. The van der Waals surface area contributed by atoms with Gasteiger partial charge in [-0.2, -0.15) is 0 Å². The summed E-state index contributed by atoms with van der Waals surface area (Å²) in [6.07, 6.45) is 2.00. The van der Waals surface area contributed by atoms with Crippen LogP contribution >= 0.6 is 0 Å². The van der Waals surface area contributed by atoms with Gasteiger partial charge in [0, 0.05) is 19.6 Å². The number of hydrogen-bond donors (Lipinski definition) is 3. The first-order valence-electron chi connectivity index (χ1n) is 8.44. The van der Waals surface area contributed by atoms with Gasteiger partial charge in [0.1, 0.15) is 6.54 Å². The number of rotatable bonds is 10. The van der Waals surface area contributed by atoms with Gasteiger partial charge in [-0.05, 0) is 25.3 Å². The second-order valence-corrected chi connectivity index (χ2v) is 6.58. The number of carboxylic acids is 1. The highest BCUT2D eigenvalue weighted by Gasteiger charge is 2.34. The Kier molecular flexibility index (Phi) is 8.33. The Morgan fingerprint density at radius 1 is 1.32 bits per heavy atom. The van der Waals surface area contributed by atoms with Crippen molar-refractivity contribution in [3.05, 3.63) is 0 Å². The van der Waals surface area contributed by atoms with Crippen molar-refractivity contribution in [2.24, 2.45) is 5.92 Å². The Balaban J connectivity index is 2.72. The largest absolute Gasteiger partial charge is 0.480 e. The minimum Gasteiger partial charge on any atom is -0.480 e. The van der Waals surface area contributed by atoms with E-state index in [9.17, 15) is 19.2 Å². The maximum absolute atomic E-state index is 12.2. The fourth-order valence-corrected chi connectivity index (χ4v) is 3.08. The van der Waals surface area contributed by atoms with E-state index in [0.717, 1.165) is 13.0 Å². The summed E-state index contributed by atoms with van der Waals surface area (Å²) in [6.45, 7) is 4.78. The number of hydrogen-bond acceptors (Lipinski definition) is 5. The summed E-state index contributed by atoms with van der Waals surface area (Å²) in [5.41, 5.74) is 0. The van der Waals surface area contributed by atoms with Crippen LogP contribution in [0.4, 0.5) is 0 Å². The number of nitrogens with one attached hydrogen (secondary N) is 2. The van der Waals surface area contributed by atoms with Crippen LogP contribution in [0.5, 0.6) is 0 Å². The molecule has 9 heteroatoms. The van der Waals surface area contributed by atoms with Crippen molar-refractivity contribution < 1.29 is 24.3 Å². The molecular formula is C16H28N4O5. The fourth-order valence-electron chi connectivity index (χ4n) is 3.08. The smallest absolute Gasteiger partial charge is 0.322 e. The molecule has 0 unspecified atom stereocenters. The van der Waals surface area contributed by atoms with Gasteiger partial charge >= 0.3 is 5.97 Å². The van der Waals surface area contributed by atoms with E-state index in [2.05, 4.69) is 10.6 Å². The molecule has 0 aromatic rings. The molecule has 142 valence electrons. The molecule has 1 fully saturated rings. The van der Waals surface area contributed by atoms with Gasteiger partial charge in [-0.15, -0.1) is 0 Å². The van der Waals surface area contributed by atoms with Crippen LogP contribution in [0, 0.1) is 5.92 Å². The standard InChI is InChI=1S/C16H28N4O5/c1-11(2)13(19(3)14(22)7-17-10-21)9-20-6-4-5-12(20)16(25)18-8-15(23)24/h10-13H,4-9H2,1-3H3,(H,17,21)(H,18,25)(H,23,24)/t12-,13+/m0/s1. The van der Waals surface area contributed by atoms with E-state index in [0.29, 0.717) is 19.4 Å². The summed E-state index contributed by atoms with van der Waals surface area (Å²) in [5, 5.41) is 13.5. The van der Waals surface area contributed by atoms with E-state index < -0.39 is 12.5 Å². The molecule has 1 heterocycles. The highest BCUT2D eigenvalue weighted by molar-refractivity contribution is 5.85. The Hall–Kier alpha value is -2.16. The van der Waals surface area contributed by atoms with Crippen molar-refractivity contribution in [3.63, 3.8) is 0 Å². The summed E-state index contributed by atoms with van der Waals surface area (Å²) in [5.74, 6) is -1.41. The second-order valence-electron chi connectivity index (χ2n) is 6.58. The fraction of sp³-hybridized carbons (Fsp3) is 0.750. The van der Waals surface area contributed by atoms with Gasteiger partial charge in [-0.1, -0.05) is 13.8 Å². The average molecular weight is 356 g/mol. The molecule has 0 saturated carbocycles. The maximum Gasteiger partial charge on any atom is 0.322 e. The maximum atomic E-state index is 12.2. The number of carboxylic acid groups (broad SMARTS) is 1. The van der Waals surface area contributed by atoms with E-state index in [1.807, 2.05) is 18.7 Å². The minimum atomic E-state index is -1.08. The van der Waals surface area contributed by atoms with Crippen molar-refractivity contribution in [1.82, 2.24) is 20.4 Å². The molecule has 25 heavy (non-hydrogen) atoms. The number of aliphatic carboxylic acids is 1. The SMILES string of the molecule is CC(C)[C@@H](CN1CCC[C@H]1C(=O)NCC(=O)O)N(C)C(=O)CNC=O. The topological polar surface area (TPSA) is 119 Å². The molecule has 3 amide bonds. The molecule has 1 aliphatic rings. The molecule has 3 N–H and O–H groups in total. The number of likely N-dealkylation sites (N-methyl/N-ethyl adjacent to an activating group) is 1. The summed E-state index contributed by atoms with van der Waals surface area (Å²) in [7, 11) is 1.69. The molecule has 0 aromatic heterocycles. The van der Waals surface area contributed by atoms with E-state index in [1.165, 1.54) is 0 Å². The lowest BCUT2D eigenvalue weighted by atomic mass is 10.0. The van der Waals surface area contributed by atoms with Gasteiger partial charge < -0.3 is 20.6 Å². The molecule has 0 radical (unpaired) electrons. The van der Waals surface area contributed by atoms with Crippen LogP contribution in [0.25, 0.3) is 0 Å². The van der Waals surface area contributed by atoms with Gasteiger partial charge in [0.05, 0.1) is 12.6 Å². The molecule has 0 bridgehead atoms. The zero-order valence-electron chi connectivity index (χ0n) is 15.0. The number of carbonyl (C=O) groups excluding carboxylic acids is 3. The normalized spacial score (nSPS) is 18.6. The molecule has 0 aliphatic carbocycles. The van der Waals surface area contributed by atoms with Gasteiger partial charge in [-0.3, -0.25) is 24.1 Å². The van der Waals surface area contributed by atoms with Crippen molar-refractivity contribution >= 4 is 24.2 Å². The van der Waals surface area contributed by atoms with Crippen LogP contribution in [-0.2, 0) is 19.2 Å². The highest BCUT2D eigenvalue weighted by Crippen LogP contribution is 2.21. The van der Waals surface area contributed by atoms with Crippen LogP contribution in [-0.4, -0.2) is 84.4 Å². The minimum absolute atomic E-state index is 0.0637. The Labute approximate surface area is 147 Å². The molecule has 1 rings (SSSR count). The number of carbonyl (C=O) groups is 4. The molecule has 2 atom stereocenters. The molecule has 1 aliphatic heterocycles. The lowest BCUT2D eigenvalue weighted by Crippen LogP contribution is -2.53. The van der Waals surface area contributed by atoms with E-state index in [4.69, 9.17) is 5.11 Å². The van der Waals surface area contributed by atoms with E-state index >= 15 is 0 Å². The Morgan fingerprint density at radius 2 is 2.00 bits per heavy atom. The number of amides is 3. The summed E-state index contributed by atoms with van der Waals surface area (Å²) >= 11 is 0. The lowest BCUT2D eigenvalue weighted by molar-refractivity contribution is -0.139. The summed E-state index contributed by atoms with van der Waals surface area (Å²) in [4.78, 5) is 48.9. The molecule has 9 nitrogen and oxygen atoms in total. The zero-order chi connectivity index (χ0) is 19.0. The third kappa shape index (κ3) is 6.33. The van der Waals surface area contributed by atoms with Gasteiger partial charge in [0.15, 0.2) is 0 Å². The summed E-state index contributed by atoms with van der Waals surface area (Å²) < 4.78 is 0. The Morgan fingerprint density at radius 3 is 2.56 bits per heavy atom. The predicted octanol–water partition coefficient (Wildman–Crippen LogP) is -1.12. The number of likely N-dealkylation sites (tertiary alicyclic amines) is 1. The molecule has 1 saturated heterocycles. The third-order valence-electron chi connectivity index (χ3n) is 4.50. The second kappa shape index (κ2) is 9.97. The number of nitrogens with zero attached hydrogens (tertiary/aromatic N) is 2. The van der Waals surface area contributed by atoms with Crippen molar-refractivity contribution in [1.29, 1.82) is 0 Å². The van der Waals surface area contributed by atoms with Crippen LogP contribution in [0.15, 0.2) is 0 Å². The van der Waals surface area contributed by atoms with Crippen LogP contribution in [0.1, 0.15) is 26.7 Å². The molecular weight excluding hydrogens is 328 g/mol. The first-order valence-corrected chi connectivity index (χ1v) is 8.44. The first kappa shape index (κ1) is 20.9. The summed E-state index contributed by atoms with van der Waals surface area (Å²) in [6, 6.07) is -0.494. The zero-order valence-corrected chi connectivity index (χ0v) is 15.0. The van der Waals surface area contributed by atoms with Crippen molar-refractivity contribution in [3.8, 4) is 0 Å². The van der Waals surface area contributed by atoms with Gasteiger partial charge in [-0.25, -0.2) is 0 Å². The van der Waals surface area contributed by atoms with E-state index in [1.54, 1.807) is 11.9 Å². The van der Waals surface area contributed by atoms with Gasteiger partial charge in [0.25, 0.3) is 0 Å². The van der Waals surface area contributed by atoms with Crippen molar-refractivity contribution in [2.75, 3.05) is 33.2 Å². The van der Waals surface area contributed by atoms with E-state index in [-0.39, 0.29) is 36.4 Å². The van der Waals surface area contributed by atoms with Crippen LogP contribution in [0.2, 0.25) is 0 Å². The third-order valence-corrected chi connectivity index (χ3v) is 4.50. The lowest BCUT2D eigenvalue weighted by Gasteiger charge is -2.36. The van der Waals surface area contributed by atoms with Crippen LogP contribution in [0.3, 0.4) is 0 Å². The molecule has 0 spiro atoms. The molecule has 0 aromatic carbocycles. The predicted molar refractivity (Wildman–Crippen MR) is 90.7 cm³/mol. The quantitative estimate of drug-likeness (QED) is 0.427. The average Bonchev–Trinajstić information content (AvgIpc) is 3.02. The van der Waals surface area contributed by atoms with Crippen LogP contribution < -0.4 is 10.6 Å². The first-order chi connectivity index (χ1) is 11.8. The highest BCUT2D eigenvalue weighted by atomic mass is 16.4. The monoisotopic (exact) mass is 356 g/mol.